The molecule has 0 saturated carbocycles. The molecule has 2 saturated heterocycles. The number of aliphatic carboxylic acids is 1. The molecular weight excluding hydrogens is 468 g/mol. The molecule has 0 spiro atoms. The first kappa shape index (κ1) is 29.9. The van der Waals surface area contributed by atoms with Crippen molar-refractivity contribution in [3.05, 3.63) is 0 Å². The third-order valence-electron chi connectivity index (χ3n) is 4.90. The summed E-state index contributed by atoms with van der Waals surface area (Å²) in [6.45, 7) is 3.71. The predicted octanol–water partition coefficient (Wildman–Crippen LogP) is -0.285. The van der Waals surface area contributed by atoms with Gasteiger partial charge in [0.05, 0.1) is 38.5 Å². The van der Waals surface area contributed by atoms with Gasteiger partial charge in [0.1, 0.15) is 13.2 Å². The number of nitrogens with one attached hydrogen (secondary N) is 4. The van der Waals surface area contributed by atoms with Gasteiger partial charge < -0.3 is 40.6 Å². The van der Waals surface area contributed by atoms with E-state index >= 15 is 0 Å². The first-order chi connectivity index (χ1) is 16.5. The first-order valence-corrected chi connectivity index (χ1v) is 12.6. The minimum atomic E-state index is -1.12. The first-order valence-electron chi connectivity index (χ1n) is 11.5. The number of rotatable bonds is 18. The summed E-state index contributed by atoms with van der Waals surface area (Å²) >= 11 is 2.01. The van der Waals surface area contributed by atoms with E-state index in [0.717, 1.165) is 5.75 Å². The van der Waals surface area contributed by atoms with Crippen LogP contribution in [-0.2, 0) is 28.6 Å². The van der Waals surface area contributed by atoms with Gasteiger partial charge in [-0.15, -0.1) is 0 Å². The average Bonchev–Trinajstić information content (AvgIpc) is 3.35. The smallest absolute Gasteiger partial charge is 0.329 e. The number of carboxylic acids is 1. The maximum Gasteiger partial charge on any atom is 0.329 e. The fraction of sp³-hybridized carbons (Fsp3) is 0.810. The summed E-state index contributed by atoms with van der Waals surface area (Å²) in [7, 11) is 0. The van der Waals surface area contributed by atoms with Crippen LogP contribution in [0.1, 0.15) is 32.6 Å². The van der Waals surface area contributed by atoms with Crippen LogP contribution in [0.15, 0.2) is 0 Å². The van der Waals surface area contributed by atoms with E-state index in [0.29, 0.717) is 63.3 Å². The van der Waals surface area contributed by atoms with Gasteiger partial charge in [-0.1, -0.05) is 26.2 Å². The number of hydrogen-bond donors (Lipinski definition) is 5. The van der Waals surface area contributed by atoms with Crippen molar-refractivity contribution in [2.75, 3.05) is 58.5 Å². The Kier molecular flexibility index (Phi) is 16.9. The van der Waals surface area contributed by atoms with E-state index in [2.05, 4.69) is 32.9 Å². The van der Waals surface area contributed by atoms with Crippen molar-refractivity contribution in [3.63, 3.8) is 0 Å². The Bertz CT molecular complexity index is 613. The summed E-state index contributed by atoms with van der Waals surface area (Å²) in [4.78, 5) is 42.2. The van der Waals surface area contributed by atoms with Gasteiger partial charge in [-0.3, -0.25) is 9.59 Å². The van der Waals surface area contributed by atoms with Gasteiger partial charge in [0, 0.05) is 24.1 Å². The molecule has 5 N–H and O–H groups in total. The Morgan fingerprint density at radius 3 is 2.50 bits per heavy atom. The van der Waals surface area contributed by atoms with E-state index in [4.69, 9.17) is 14.6 Å². The van der Waals surface area contributed by atoms with E-state index in [-0.39, 0.29) is 12.6 Å². The monoisotopic (exact) mass is 506 g/mol. The molecule has 2 heterocycles. The van der Waals surface area contributed by atoms with E-state index < -0.39 is 18.5 Å². The Labute approximate surface area is 204 Å². The second-order valence-electron chi connectivity index (χ2n) is 7.65. The van der Waals surface area contributed by atoms with Crippen molar-refractivity contribution in [2.24, 2.45) is 0 Å². The summed E-state index contributed by atoms with van der Waals surface area (Å²) in [6.07, 6.45) is 5.74. The van der Waals surface area contributed by atoms with Gasteiger partial charge in [-0.25, -0.2) is 9.59 Å². The second kappa shape index (κ2) is 19.2. The average molecular weight is 507 g/mol. The van der Waals surface area contributed by atoms with E-state index in [1.165, 1.54) is 25.7 Å². The molecular formula is C21H38N4O8S. The third kappa shape index (κ3) is 14.2. The molecule has 0 aromatic carbocycles. The zero-order valence-corrected chi connectivity index (χ0v) is 20.5. The molecule has 2 aliphatic rings. The Balaban J connectivity index is 0.000000358. The quantitative estimate of drug-likeness (QED) is 0.0955. The number of amides is 4. The van der Waals surface area contributed by atoms with Crippen LogP contribution in [-0.4, -0.2) is 105 Å². The van der Waals surface area contributed by atoms with Crippen molar-refractivity contribution < 1.29 is 38.5 Å². The Morgan fingerprint density at radius 1 is 1.09 bits per heavy atom. The number of thioether (sulfide) groups is 1. The SMILES string of the molecule is CCCCCC1SCC2NC(=O)NC21.O=CNCCOCCOCCNC(=O)COCC(=O)O. The number of carbonyl (C=O) groups excluding carboxylic acids is 3. The van der Waals surface area contributed by atoms with Crippen molar-refractivity contribution in [3.8, 4) is 0 Å². The lowest BCUT2D eigenvalue weighted by molar-refractivity contribution is -0.143. The van der Waals surface area contributed by atoms with Gasteiger partial charge in [0.2, 0.25) is 12.3 Å². The number of urea groups is 1. The Morgan fingerprint density at radius 2 is 1.82 bits per heavy atom. The van der Waals surface area contributed by atoms with E-state index in [1.807, 2.05) is 11.8 Å². The molecule has 2 fully saturated rings. The highest BCUT2D eigenvalue weighted by atomic mass is 32.2. The van der Waals surface area contributed by atoms with E-state index in [9.17, 15) is 19.2 Å². The van der Waals surface area contributed by atoms with E-state index in [1.54, 1.807) is 0 Å². The highest BCUT2D eigenvalue weighted by molar-refractivity contribution is 8.00. The molecule has 3 atom stereocenters. The van der Waals surface area contributed by atoms with Crippen molar-refractivity contribution in [2.45, 2.75) is 49.9 Å². The van der Waals surface area contributed by atoms with Crippen molar-refractivity contribution in [1.29, 1.82) is 0 Å². The molecule has 0 aromatic rings. The summed E-state index contributed by atoms with van der Waals surface area (Å²) < 4.78 is 14.9. The topological polar surface area (TPSA) is 164 Å². The van der Waals surface area contributed by atoms with Crippen molar-refractivity contribution >= 4 is 36.1 Å². The third-order valence-corrected chi connectivity index (χ3v) is 6.41. The molecule has 196 valence electrons. The minimum Gasteiger partial charge on any atom is -0.480 e. The Hall–Kier alpha value is -2.09. The van der Waals surface area contributed by atoms with Crippen LogP contribution in [0, 0.1) is 0 Å². The normalized spacial score (nSPS) is 20.4. The minimum absolute atomic E-state index is 0.0285. The van der Waals surface area contributed by atoms with Gasteiger partial charge >= 0.3 is 12.0 Å². The number of fused-ring (bicyclic) bond motifs is 1. The number of unbranched alkanes of at least 4 members (excludes halogenated alkanes) is 2. The lowest BCUT2D eigenvalue weighted by atomic mass is 10.0. The summed E-state index contributed by atoms with van der Waals surface area (Å²) in [6, 6.07) is 0.810. The molecule has 0 aliphatic carbocycles. The van der Waals surface area contributed by atoms with Crippen LogP contribution in [0.5, 0.6) is 0 Å². The maximum absolute atomic E-state index is 11.1. The molecule has 13 heteroatoms. The highest BCUT2D eigenvalue weighted by Crippen LogP contribution is 2.33. The zero-order valence-electron chi connectivity index (χ0n) is 19.7. The fourth-order valence-corrected chi connectivity index (χ4v) is 4.84. The molecule has 3 unspecified atom stereocenters. The van der Waals surface area contributed by atoms with Gasteiger partial charge in [-0.05, 0) is 6.42 Å². The molecule has 12 nitrogen and oxygen atoms in total. The van der Waals surface area contributed by atoms with Crippen LogP contribution in [0.4, 0.5) is 4.79 Å². The molecule has 4 amide bonds. The molecule has 34 heavy (non-hydrogen) atoms. The van der Waals surface area contributed by atoms with Crippen LogP contribution >= 0.6 is 11.8 Å². The molecule has 0 bridgehead atoms. The van der Waals surface area contributed by atoms with Crippen LogP contribution in [0.2, 0.25) is 0 Å². The molecule has 2 rings (SSSR count). The number of hydrogen-bond acceptors (Lipinski definition) is 8. The second-order valence-corrected chi connectivity index (χ2v) is 8.92. The summed E-state index contributed by atoms with van der Waals surface area (Å²) in [5.41, 5.74) is 0. The number of ether oxygens (including phenoxy) is 3. The highest BCUT2D eigenvalue weighted by Gasteiger charge is 2.42. The van der Waals surface area contributed by atoms with Gasteiger partial charge in [0.25, 0.3) is 0 Å². The zero-order chi connectivity index (χ0) is 25.0. The molecule has 0 radical (unpaired) electrons. The maximum atomic E-state index is 11.1. The van der Waals surface area contributed by atoms with Crippen LogP contribution < -0.4 is 21.3 Å². The fourth-order valence-electron chi connectivity index (χ4n) is 3.30. The molecule has 0 aromatic heterocycles. The van der Waals surface area contributed by atoms with Crippen LogP contribution in [0.25, 0.3) is 0 Å². The molecule has 2 aliphatic heterocycles. The standard InChI is InChI=1S/C11H20N2O7.C10H18N2OS/c14-9-12-1-3-18-5-6-19-4-2-13-10(15)7-20-8-11(16)17;1-2-3-4-5-8-9-7(6-14-8)11-10(13)12-9/h9H,1-8H2,(H,12,14)(H,13,15)(H,16,17);7-9H,2-6H2,1H3,(H2,11,12,13). The van der Waals surface area contributed by atoms with Crippen LogP contribution in [0.3, 0.4) is 0 Å². The van der Waals surface area contributed by atoms with Gasteiger partial charge in [-0.2, -0.15) is 11.8 Å². The number of carboxylic acid groups (broad SMARTS) is 1. The van der Waals surface area contributed by atoms with Crippen molar-refractivity contribution in [1.82, 2.24) is 21.3 Å². The van der Waals surface area contributed by atoms with Gasteiger partial charge in [0.15, 0.2) is 0 Å². The lowest BCUT2D eigenvalue weighted by Gasteiger charge is -2.16. The largest absolute Gasteiger partial charge is 0.480 e. The number of carbonyl (C=O) groups is 4. The summed E-state index contributed by atoms with van der Waals surface area (Å²) in [5, 5.41) is 19.9. The summed E-state index contributed by atoms with van der Waals surface area (Å²) in [5.74, 6) is -0.435. The lowest BCUT2D eigenvalue weighted by Crippen LogP contribution is -2.36. The predicted molar refractivity (Wildman–Crippen MR) is 127 cm³/mol.